The SMILES string of the molecule is NCc1cccc(SCc2cccc(C(F)(F)F)c2)c1. The van der Waals surface area contributed by atoms with E-state index in [0.717, 1.165) is 16.5 Å². The topological polar surface area (TPSA) is 26.0 Å². The quantitative estimate of drug-likeness (QED) is 0.843. The third-order valence-electron chi connectivity index (χ3n) is 2.79. The molecule has 0 saturated heterocycles. The van der Waals surface area contributed by atoms with Crippen LogP contribution in [0, 0.1) is 0 Å². The lowest BCUT2D eigenvalue weighted by Gasteiger charge is -2.09. The minimum Gasteiger partial charge on any atom is -0.326 e. The molecule has 0 aliphatic rings. The zero-order chi connectivity index (χ0) is 14.6. The molecule has 0 saturated carbocycles. The first-order chi connectivity index (χ1) is 9.49. The van der Waals surface area contributed by atoms with E-state index in [0.29, 0.717) is 17.9 Å². The Balaban J connectivity index is 2.07. The molecule has 106 valence electrons. The summed E-state index contributed by atoms with van der Waals surface area (Å²) < 4.78 is 37.8. The van der Waals surface area contributed by atoms with Crippen LogP contribution in [0.15, 0.2) is 53.4 Å². The number of benzene rings is 2. The van der Waals surface area contributed by atoms with Gasteiger partial charge in [-0.1, -0.05) is 30.3 Å². The lowest BCUT2D eigenvalue weighted by molar-refractivity contribution is -0.137. The summed E-state index contributed by atoms with van der Waals surface area (Å²) in [6.45, 7) is 0.456. The number of rotatable bonds is 4. The van der Waals surface area contributed by atoms with Crippen LogP contribution in [0.4, 0.5) is 13.2 Å². The van der Waals surface area contributed by atoms with Crippen molar-refractivity contribution in [1.29, 1.82) is 0 Å². The van der Waals surface area contributed by atoms with Crippen LogP contribution in [0.1, 0.15) is 16.7 Å². The van der Waals surface area contributed by atoms with Gasteiger partial charge in [-0.25, -0.2) is 0 Å². The summed E-state index contributed by atoms with van der Waals surface area (Å²) in [5, 5.41) is 0. The summed E-state index contributed by atoms with van der Waals surface area (Å²) in [5.74, 6) is 0.498. The van der Waals surface area contributed by atoms with E-state index in [1.54, 1.807) is 6.07 Å². The first-order valence-corrected chi connectivity index (χ1v) is 7.05. The van der Waals surface area contributed by atoms with Crippen molar-refractivity contribution >= 4 is 11.8 Å². The van der Waals surface area contributed by atoms with Crippen molar-refractivity contribution < 1.29 is 13.2 Å². The number of hydrogen-bond donors (Lipinski definition) is 1. The zero-order valence-corrected chi connectivity index (χ0v) is 11.5. The molecular weight excluding hydrogens is 283 g/mol. The Hall–Kier alpha value is -1.46. The van der Waals surface area contributed by atoms with E-state index in [9.17, 15) is 13.2 Å². The fraction of sp³-hybridized carbons (Fsp3) is 0.200. The minimum atomic E-state index is -4.29. The molecule has 0 fully saturated rings. The van der Waals surface area contributed by atoms with E-state index in [4.69, 9.17) is 5.73 Å². The maximum Gasteiger partial charge on any atom is 0.416 e. The number of alkyl halides is 3. The lowest BCUT2D eigenvalue weighted by Crippen LogP contribution is -2.04. The predicted octanol–water partition coefficient (Wildman–Crippen LogP) is 4.46. The van der Waals surface area contributed by atoms with Gasteiger partial charge in [-0.3, -0.25) is 0 Å². The highest BCUT2D eigenvalue weighted by molar-refractivity contribution is 7.98. The second-order valence-corrected chi connectivity index (χ2v) is 5.39. The molecule has 0 bridgehead atoms. The van der Waals surface area contributed by atoms with Crippen molar-refractivity contribution in [1.82, 2.24) is 0 Å². The van der Waals surface area contributed by atoms with E-state index in [2.05, 4.69) is 0 Å². The number of halogens is 3. The van der Waals surface area contributed by atoms with E-state index in [1.807, 2.05) is 24.3 Å². The fourth-order valence-electron chi connectivity index (χ4n) is 1.77. The summed E-state index contributed by atoms with van der Waals surface area (Å²) in [5.41, 5.74) is 6.62. The largest absolute Gasteiger partial charge is 0.416 e. The van der Waals surface area contributed by atoms with E-state index in [1.165, 1.54) is 23.9 Å². The van der Waals surface area contributed by atoms with Crippen LogP contribution in [0.3, 0.4) is 0 Å². The second kappa shape index (κ2) is 6.33. The molecule has 0 spiro atoms. The second-order valence-electron chi connectivity index (χ2n) is 4.34. The van der Waals surface area contributed by atoms with Gasteiger partial charge in [-0.05, 0) is 29.3 Å². The number of thioether (sulfide) groups is 1. The Labute approximate surface area is 120 Å². The van der Waals surface area contributed by atoms with Crippen LogP contribution in [0.2, 0.25) is 0 Å². The molecule has 2 aromatic rings. The van der Waals surface area contributed by atoms with Crippen LogP contribution >= 0.6 is 11.8 Å². The molecule has 0 unspecified atom stereocenters. The van der Waals surface area contributed by atoms with Gasteiger partial charge in [-0.15, -0.1) is 11.8 Å². The molecular formula is C15H14F3NS. The molecule has 5 heteroatoms. The van der Waals surface area contributed by atoms with E-state index < -0.39 is 11.7 Å². The molecule has 0 atom stereocenters. The average Bonchev–Trinajstić information content (AvgIpc) is 2.45. The van der Waals surface area contributed by atoms with Gasteiger partial charge in [0.25, 0.3) is 0 Å². The van der Waals surface area contributed by atoms with Gasteiger partial charge in [0.15, 0.2) is 0 Å². The Morgan fingerprint density at radius 3 is 2.35 bits per heavy atom. The Morgan fingerprint density at radius 2 is 1.65 bits per heavy atom. The molecule has 0 heterocycles. The van der Waals surface area contributed by atoms with Crippen molar-refractivity contribution in [3.8, 4) is 0 Å². The Bertz CT molecular complexity index is 581. The number of hydrogen-bond acceptors (Lipinski definition) is 2. The summed E-state index contributed by atoms with van der Waals surface area (Å²) >= 11 is 1.50. The Morgan fingerprint density at radius 1 is 0.950 bits per heavy atom. The third-order valence-corrected chi connectivity index (χ3v) is 3.86. The first-order valence-electron chi connectivity index (χ1n) is 6.07. The van der Waals surface area contributed by atoms with Gasteiger partial charge >= 0.3 is 6.18 Å². The molecule has 2 N–H and O–H groups in total. The van der Waals surface area contributed by atoms with Crippen LogP contribution in [-0.2, 0) is 18.5 Å². The smallest absolute Gasteiger partial charge is 0.326 e. The normalized spacial score (nSPS) is 11.6. The standard InChI is InChI=1S/C15H14F3NS/c16-15(17,18)13-5-1-4-12(7-13)10-20-14-6-2-3-11(8-14)9-19/h1-8H,9-10,19H2. The fourth-order valence-corrected chi connectivity index (χ4v) is 2.69. The molecule has 2 aromatic carbocycles. The van der Waals surface area contributed by atoms with Gasteiger partial charge in [0.1, 0.15) is 0 Å². The maximum atomic E-state index is 12.6. The van der Waals surface area contributed by atoms with Gasteiger partial charge < -0.3 is 5.73 Å². The molecule has 0 aromatic heterocycles. The van der Waals surface area contributed by atoms with Crippen molar-refractivity contribution in [3.05, 3.63) is 65.2 Å². The third kappa shape index (κ3) is 4.02. The average molecular weight is 297 g/mol. The highest BCUT2D eigenvalue weighted by Crippen LogP contribution is 2.31. The maximum absolute atomic E-state index is 12.6. The lowest BCUT2D eigenvalue weighted by atomic mass is 10.1. The minimum absolute atomic E-state index is 0.456. The summed E-state index contributed by atoms with van der Waals surface area (Å²) in [7, 11) is 0. The van der Waals surface area contributed by atoms with E-state index >= 15 is 0 Å². The van der Waals surface area contributed by atoms with Gasteiger partial charge in [0, 0.05) is 17.2 Å². The monoisotopic (exact) mass is 297 g/mol. The molecule has 20 heavy (non-hydrogen) atoms. The molecule has 2 rings (SSSR count). The van der Waals surface area contributed by atoms with Gasteiger partial charge in [0.2, 0.25) is 0 Å². The molecule has 0 aliphatic carbocycles. The van der Waals surface area contributed by atoms with Crippen LogP contribution < -0.4 is 5.73 Å². The van der Waals surface area contributed by atoms with Crippen LogP contribution in [0.5, 0.6) is 0 Å². The van der Waals surface area contributed by atoms with Crippen LogP contribution in [-0.4, -0.2) is 0 Å². The highest BCUT2D eigenvalue weighted by Gasteiger charge is 2.30. The number of nitrogens with two attached hydrogens (primary N) is 1. The van der Waals surface area contributed by atoms with Crippen molar-refractivity contribution in [2.24, 2.45) is 5.73 Å². The molecule has 0 radical (unpaired) electrons. The van der Waals surface area contributed by atoms with Crippen molar-refractivity contribution in [3.63, 3.8) is 0 Å². The van der Waals surface area contributed by atoms with E-state index in [-0.39, 0.29) is 0 Å². The van der Waals surface area contributed by atoms with Crippen molar-refractivity contribution in [2.75, 3.05) is 0 Å². The molecule has 1 nitrogen and oxygen atoms in total. The zero-order valence-electron chi connectivity index (χ0n) is 10.7. The molecule has 0 aliphatic heterocycles. The predicted molar refractivity (Wildman–Crippen MR) is 75.3 cm³/mol. The first kappa shape index (κ1) is 14.9. The van der Waals surface area contributed by atoms with Crippen LogP contribution in [0.25, 0.3) is 0 Å². The van der Waals surface area contributed by atoms with Gasteiger partial charge in [0.05, 0.1) is 5.56 Å². The summed E-state index contributed by atoms with van der Waals surface area (Å²) in [6.07, 6.45) is -4.29. The summed E-state index contributed by atoms with van der Waals surface area (Å²) in [6, 6.07) is 13.1. The van der Waals surface area contributed by atoms with Gasteiger partial charge in [-0.2, -0.15) is 13.2 Å². The van der Waals surface area contributed by atoms with Crippen molar-refractivity contribution in [2.45, 2.75) is 23.4 Å². The molecule has 0 amide bonds. The Kier molecular flexibility index (Phi) is 4.73. The summed E-state index contributed by atoms with van der Waals surface area (Å²) in [4.78, 5) is 1.00. The highest BCUT2D eigenvalue weighted by atomic mass is 32.2.